The fourth-order valence-corrected chi connectivity index (χ4v) is 2.19. The molecule has 0 bridgehead atoms. The van der Waals surface area contributed by atoms with Crippen LogP contribution in [0.3, 0.4) is 0 Å². The summed E-state index contributed by atoms with van der Waals surface area (Å²) in [5, 5.41) is 0. The Balaban J connectivity index is 2.59. The van der Waals surface area contributed by atoms with Gasteiger partial charge in [0.1, 0.15) is 10.6 Å². The van der Waals surface area contributed by atoms with Crippen molar-refractivity contribution in [3.63, 3.8) is 0 Å². The number of alkyl halides is 2. The molecule has 0 amide bonds. The van der Waals surface area contributed by atoms with Gasteiger partial charge in [-0.1, -0.05) is 47.5 Å². The van der Waals surface area contributed by atoms with Gasteiger partial charge in [-0.15, -0.1) is 0 Å². The number of rotatable bonds is 1. The maximum absolute atomic E-state index is 10.8. The van der Waals surface area contributed by atoms with E-state index >= 15 is 0 Å². The Morgan fingerprint density at radius 3 is 2.71 bits per heavy atom. The summed E-state index contributed by atoms with van der Waals surface area (Å²) in [7, 11) is 0. The molecule has 1 aliphatic rings. The molecule has 1 nitrogen and oxygen atoms in total. The van der Waals surface area contributed by atoms with Crippen LogP contribution in [0.25, 0.3) is 5.57 Å². The number of hydrogen-bond donors (Lipinski definition) is 0. The molecule has 0 spiro atoms. The van der Waals surface area contributed by atoms with Gasteiger partial charge >= 0.3 is 0 Å². The lowest BCUT2D eigenvalue weighted by Gasteiger charge is -2.23. The molecule has 14 heavy (non-hydrogen) atoms. The average Bonchev–Trinajstić information content (AvgIpc) is 2.15. The van der Waals surface area contributed by atoms with Crippen LogP contribution in [-0.2, 0) is 11.2 Å². The number of aldehydes is 1. The highest BCUT2D eigenvalue weighted by molar-refractivity contribution is 6.51. The molecule has 0 unspecified atom stereocenters. The highest BCUT2D eigenvalue weighted by Crippen LogP contribution is 2.37. The van der Waals surface area contributed by atoms with Crippen molar-refractivity contribution in [2.24, 2.45) is 0 Å². The molecule has 72 valence electrons. The summed E-state index contributed by atoms with van der Waals surface area (Å²) in [5.74, 6) is 0. The van der Waals surface area contributed by atoms with E-state index in [4.69, 9.17) is 23.2 Å². The van der Waals surface area contributed by atoms with Crippen molar-refractivity contribution in [1.82, 2.24) is 0 Å². The van der Waals surface area contributed by atoms with Crippen LogP contribution in [0.4, 0.5) is 0 Å². The van der Waals surface area contributed by atoms with Crippen molar-refractivity contribution >= 4 is 35.1 Å². The van der Waals surface area contributed by atoms with Crippen LogP contribution in [-0.4, -0.2) is 10.6 Å². The molecular weight excluding hydrogens is 219 g/mol. The van der Waals surface area contributed by atoms with Crippen molar-refractivity contribution in [2.45, 2.75) is 10.8 Å². The number of carbonyl (C=O) groups is 1. The molecule has 0 fully saturated rings. The number of benzene rings is 1. The lowest BCUT2D eigenvalue weighted by Crippen LogP contribution is -2.19. The van der Waals surface area contributed by atoms with Gasteiger partial charge in [-0.3, -0.25) is 4.79 Å². The van der Waals surface area contributed by atoms with Crippen LogP contribution >= 0.6 is 23.2 Å². The number of hydrogen-bond acceptors (Lipinski definition) is 1. The van der Waals surface area contributed by atoms with E-state index in [2.05, 4.69) is 0 Å². The number of halogens is 2. The molecule has 2 rings (SSSR count). The molecule has 0 radical (unpaired) electrons. The molecule has 0 saturated carbocycles. The third-order valence-electron chi connectivity index (χ3n) is 2.25. The molecule has 1 aromatic carbocycles. The van der Waals surface area contributed by atoms with Crippen molar-refractivity contribution in [2.75, 3.05) is 0 Å². The summed E-state index contributed by atoms with van der Waals surface area (Å²) in [6, 6.07) is 7.64. The van der Waals surface area contributed by atoms with E-state index in [1.54, 1.807) is 6.08 Å². The topological polar surface area (TPSA) is 17.1 Å². The monoisotopic (exact) mass is 226 g/mol. The van der Waals surface area contributed by atoms with Gasteiger partial charge < -0.3 is 0 Å². The van der Waals surface area contributed by atoms with Gasteiger partial charge in [-0.05, 0) is 17.2 Å². The minimum absolute atomic E-state index is 0.545. The molecule has 3 heteroatoms. The summed E-state index contributed by atoms with van der Waals surface area (Å²) < 4.78 is -0.954. The van der Waals surface area contributed by atoms with Crippen molar-refractivity contribution in [1.29, 1.82) is 0 Å². The zero-order chi connectivity index (χ0) is 10.2. The van der Waals surface area contributed by atoms with Crippen LogP contribution in [0.15, 0.2) is 30.3 Å². The minimum Gasteiger partial charge on any atom is -0.298 e. The molecule has 0 aliphatic heterocycles. The quantitative estimate of drug-likeness (QED) is 0.532. The highest BCUT2D eigenvalue weighted by Gasteiger charge is 2.28. The molecular formula is C11H8Cl2O. The Labute approximate surface area is 92.3 Å². The Kier molecular flexibility index (Phi) is 2.38. The van der Waals surface area contributed by atoms with Gasteiger partial charge in [-0.2, -0.15) is 0 Å². The second-order valence-electron chi connectivity index (χ2n) is 3.31. The van der Waals surface area contributed by atoms with E-state index in [-0.39, 0.29) is 0 Å². The van der Waals surface area contributed by atoms with Crippen LogP contribution in [0.2, 0.25) is 0 Å². The molecule has 0 N–H and O–H groups in total. The normalized spacial score (nSPS) is 18.3. The second kappa shape index (κ2) is 3.41. The first-order valence-electron chi connectivity index (χ1n) is 4.26. The smallest absolute Gasteiger partial charge is 0.150 e. The van der Waals surface area contributed by atoms with E-state index in [1.165, 1.54) is 0 Å². The first-order valence-corrected chi connectivity index (χ1v) is 5.02. The first-order chi connectivity index (χ1) is 6.62. The zero-order valence-electron chi connectivity index (χ0n) is 7.34. The Bertz CT molecular complexity index is 408. The molecule has 1 aliphatic carbocycles. The van der Waals surface area contributed by atoms with E-state index in [1.807, 2.05) is 24.3 Å². The molecule has 0 atom stereocenters. The fourth-order valence-electron chi connectivity index (χ4n) is 1.66. The van der Waals surface area contributed by atoms with Crippen molar-refractivity contribution < 1.29 is 4.79 Å². The van der Waals surface area contributed by atoms with Gasteiger partial charge in [0.25, 0.3) is 0 Å². The van der Waals surface area contributed by atoms with E-state index in [0.29, 0.717) is 12.0 Å². The number of fused-ring (bicyclic) bond motifs is 1. The minimum atomic E-state index is -0.954. The van der Waals surface area contributed by atoms with Crippen LogP contribution in [0.5, 0.6) is 0 Å². The predicted octanol–water partition coefficient (Wildman–Crippen LogP) is 3.00. The van der Waals surface area contributed by atoms with Gasteiger partial charge in [-0.25, -0.2) is 0 Å². The number of allylic oxidation sites excluding steroid dienone is 2. The van der Waals surface area contributed by atoms with Crippen molar-refractivity contribution in [3.8, 4) is 0 Å². The SMILES string of the molecule is O=CC1=CC(Cl)(Cl)Cc2ccccc21. The van der Waals surface area contributed by atoms with Gasteiger partial charge in [0, 0.05) is 12.0 Å². The first kappa shape index (κ1) is 9.75. The maximum Gasteiger partial charge on any atom is 0.150 e. The maximum atomic E-state index is 10.8. The lowest BCUT2D eigenvalue weighted by molar-refractivity contribution is -0.103. The van der Waals surface area contributed by atoms with E-state index in [0.717, 1.165) is 17.4 Å². The standard InChI is InChI=1S/C11H8Cl2O/c12-11(13)5-8-3-1-2-4-10(8)9(6-11)7-14/h1-4,6-7H,5H2. The Hall–Kier alpha value is -0.790. The van der Waals surface area contributed by atoms with Crippen LogP contribution in [0, 0.1) is 0 Å². The average molecular weight is 227 g/mol. The highest BCUT2D eigenvalue weighted by atomic mass is 35.5. The number of carbonyl (C=O) groups excluding carboxylic acids is 1. The molecule has 1 aromatic rings. The van der Waals surface area contributed by atoms with Crippen molar-refractivity contribution in [3.05, 3.63) is 41.5 Å². The Morgan fingerprint density at radius 1 is 1.29 bits per heavy atom. The van der Waals surface area contributed by atoms with Crippen LogP contribution in [0.1, 0.15) is 11.1 Å². The van der Waals surface area contributed by atoms with Gasteiger partial charge in [0.2, 0.25) is 0 Å². The summed E-state index contributed by atoms with van der Waals surface area (Å²) >= 11 is 12.0. The van der Waals surface area contributed by atoms with Gasteiger partial charge in [0.05, 0.1) is 0 Å². The fraction of sp³-hybridized carbons (Fsp3) is 0.182. The zero-order valence-corrected chi connectivity index (χ0v) is 8.85. The van der Waals surface area contributed by atoms with E-state index in [9.17, 15) is 4.79 Å². The van der Waals surface area contributed by atoms with Crippen LogP contribution < -0.4 is 0 Å². The third-order valence-corrected chi connectivity index (χ3v) is 2.73. The summed E-state index contributed by atoms with van der Waals surface area (Å²) in [4.78, 5) is 10.8. The molecule has 0 saturated heterocycles. The summed E-state index contributed by atoms with van der Waals surface area (Å²) in [6.07, 6.45) is 2.94. The summed E-state index contributed by atoms with van der Waals surface area (Å²) in [6.45, 7) is 0. The van der Waals surface area contributed by atoms with Gasteiger partial charge in [0.15, 0.2) is 0 Å². The predicted molar refractivity (Wildman–Crippen MR) is 58.6 cm³/mol. The lowest BCUT2D eigenvalue weighted by atomic mass is 9.91. The third kappa shape index (κ3) is 1.70. The Morgan fingerprint density at radius 2 is 2.00 bits per heavy atom. The second-order valence-corrected chi connectivity index (χ2v) is 4.85. The molecule has 0 heterocycles. The summed E-state index contributed by atoms with van der Waals surface area (Å²) in [5.41, 5.74) is 2.51. The van der Waals surface area contributed by atoms with E-state index < -0.39 is 4.33 Å². The molecule has 0 aromatic heterocycles. The largest absolute Gasteiger partial charge is 0.298 e.